The minimum atomic E-state index is -0.412. The van der Waals surface area contributed by atoms with E-state index >= 15 is 0 Å². The van der Waals surface area contributed by atoms with Crippen molar-refractivity contribution in [2.45, 2.75) is 38.7 Å². The smallest absolute Gasteiger partial charge is 0.306 e. The molecule has 1 N–H and O–H groups in total. The van der Waals surface area contributed by atoms with Crippen LogP contribution in [0.4, 0.5) is 5.69 Å². The highest BCUT2D eigenvalue weighted by Crippen LogP contribution is 2.23. The largest absolute Gasteiger partial charge is 0.461 e. The SMILES string of the molecule is O=C(CCC(=O)c1ccc2c(c1)CCC2)OCc1ccc(C(=O)Nc2ccccc2)cc1. The minimum Gasteiger partial charge on any atom is -0.461 e. The Morgan fingerprint density at radius 2 is 1.50 bits per heavy atom. The highest BCUT2D eigenvalue weighted by atomic mass is 16.5. The zero-order valence-corrected chi connectivity index (χ0v) is 17.8. The molecule has 5 heteroatoms. The molecule has 0 aliphatic heterocycles. The number of benzene rings is 3. The van der Waals surface area contributed by atoms with Crippen molar-refractivity contribution in [2.75, 3.05) is 5.32 Å². The maximum atomic E-state index is 12.4. The quantitative estimate of drug-likeness (QED) is 0.399. The number of nitrogens with one attached hydrogen (secondary N) is 1. The summed E-state index contributed by atoms with van der Waals surface area (Å²) in [5.41, 5.74) is 5.26. The van der Waals surface area contributed by atoms with Crippen LogP contribution < -0.4 is 5.32 Å². The lowest BCUT2D eigenvalue weighted by Crippen LogP contribution is -2.12. The molecule has 1 aliphatic rings. The first-order chi connectivity index (χ1) is 15.6. The van der Waals surface area contributed by atoms with Crippen molar-refractivity contribution in [1.82, 2.24) is 0 Å². The van der Waals surface area contributed by atoms with Crippen molar-refractivity contribution in [1.29, 1.82) is 0 Å². The van der Waals surface area contributed by atoms with Crippen molar-refractivity contribution in [3.05, 3.63) is 101 Å². The van der Waals surface area contributed by atoms with Crippen LogP contribution in [0.15, 0.2) is 72.8 Å². The van der Waals surface area contributed by atoms with Gasteiger partial charge in [0.15, 0.2) is 5.78 Å². The van der Waals surface area contributed by atoms with Crippen LogP contribution in [0.3, 0.4) is 0 Å². The molecule has 0 atom stereocenters. The summed E-state index contributed by atoms with van der Waals surface area (Å²) in [5.74, 6) is -0.652. The van der Waals surface area contributed by atoms with Crippen LogP contribution in [0.2, 0.25) is 0 Å². The van der Waals surface area contributed by atoms with Gasteiger partial charge in [0.25, 0.3) is 5.91 Å². The molecular formula is C27H25NO4. The fourth-order valence-corrected chi connectivity index (χ4v) is 3.82. The third-order valence-electron chi connectivity index (χ3n) is 5.62. The van der Waals surface area contributed by atoms with E-state index in [1.807, 2.05) is 48.5 Å². The van der Waals surface area contributed by atoms with E-state index in [1.54, 1.807) is 24.3 Å². The Morgan fingerprint density at radius 3 is 2.28 bits per heavy atom. The average Bonchev–Trinajstić information content (AvgIpc) is 3.30. The van der Waals surface area contributed by atoms with Crippen molar-refractivity contribution in [3.63, 3.8) is 0 Å². The van der Waals surface area contributed by atoms with Crippen molar-refractivity contribution in [3.8, 4) is 0 Å². The van der Waals surface area contributed by atoms with Gasteiger partial charge >= 0.3 is 5.97 Å². The first-order valence-corrected chi connectivity index (χ1v) is 10.8. The molecule has 0 fully saturated rings. The number of fused-ring (bicyclic) bond motifs is 1. The molecule has 0 heterocycles. The number of Topliss-reactive ketones (excluding diaryl/α,β-unsaturated/α-hetero) is 1. The number of para-hydroxylation sites is 1. The lowest BCUT2D eigenvalue weighted by Gasteiger charge is -2.08. The summed E-state index contributed by atoms with van der Waals surface area (Å²) < 4.78 is 5.29. The summed E-state index contributed by atoms with van der Waals surface area (Å²) in [4.78, 5) is 36.8. The Morgan fingerprint density at radius 1 is 0.781 bits per heavy atom. The summed E-state index contributed by atoms with van der Waals surface area (Å²) >= 11 is 0. The van der Waals surface area contributed by atoms with E-state index in [9.17, 15) is 14.4 Å². The second kappa shape index (κ2) is 10.1. The first kappa shape index (κ1) is 21.5. The molecule has 5 nitrogen and oxygen atoms in total. The van der Waals surface area contributed by atoms with Crippen LogP contribution in [0.25, 0.3) is 0 Å². The van der Waals surface area contributed by atoms with E-state index in [0.717, 1.165) is 30.5 Å². The van der Waals surface area contributed by atoms with Crippen molar-refractivity contribution in [2.24, 2.45) is 0 Å². The third kappa shape index (κ3) is 5.49. The number of aryl methyl sites for hydroxylation is 2. The Balaban J connectivity index is 1.22. The van der Waals surface area contributed by atoms with E-state index in [1.165, 1.54) is 11.1 Å². The molecule has 0 bridgehead atoms. The summed E-state index contributed by atoms with van der Waals surface area (Å²) in [7, 11) is 0. The molecule has 0 unspecified atom stereocenters. The van der Waals surface area contributed by atoms with E-state index < -0.39 is 5.97 Å². The molecule has 0 aromatic heterocycles. The van der Waals surface area contributed by atoms with Crippen LogP contribution >= 0.6 is 0 Å². The zero-order chi connectivity index (χ0) is 22.3. The number of hydrogen-bond donors (Lipinski definition) is 1. The predicted octanol–water partition coefficient (Wildman–Crippen LogP) is 5.13. The van der Waals surface area contributed by atoms with E-state index in [0.29, 0.717) is 11.1 Å². The minimum absolute atomic E-state index is 0.0366. The second-order valence-electron chi connectivity index (χ2n) is 7.94. The number of ether oxygens (including phenoxy) is 1. The summed E-state index contributed by atoms with van der Waals surface area (Å²) in [6.45, 7) is 0.104. The maximum absolute atomic E-state index is 12.4. The monoisotopic (exact) mass is 427 g/mol. The Labute approximate surface area is 187 Å². The number of ketones is 1. The van der Waals surface area contributed by atoms with Gasteiger partial charge in [-0.15, -0.1) is 0 Å². The molecule has 0 radical (unpaired) electrons. The Hall–Kier alpha value is -3.73. The second-order valence-corrected chi connectivity index (χ2v) is 7.94. The fraction of sp³-hybridized carbons (Fsp3) is 0.222. The molecule has 4 rings (SSSR count). The normalized spacial score (nSPS) is 12.1. The van der Waals surface area contributed by atoms with E-state index in [4.69, 9.17) is 4.74 Å². The fourth-order valence-electron chi connectivity index (χ4n) is 3.82. The Kier molecular flexibility index (Phi) is 6.75. The number of hydrogen-bond acceptors (Lipinski definition) is 4. The van der Waals surface area contributed by atoms with Gasteiger partial charge < -0.3 is 10.1 Å². The van der Waals surface area contributed by atoms with Crippen LogP contribution in [0, 0.1) is 0 Å². The van der Waals surface area contributed by atoms with E-state index in [-0.39, 0.29) is 31.1 Å². The summed E-state index contributed by atoms with van der Waals surface area (Å²) in [5, 5.41) is 2.83. The summed E-state index contributed by atoms with van der Waals surface area (Å²) in [6.07, 6.45) is 3.42. The number of amides is 1. The highest BCUT2D eigenvalue weighted by molar-refractivity contribution is 6.04. The molecule has 0 spiro atoms. The van der Waals surface area contributed by atoms with Gasteiger partial charge in [-0.3, -0.25) is 14.4 Å². The highest BCUT2D eigenvalue weighted by Gasteiger charge is 2.15. The van der Waals surface area contributed by atoms with Gasteiger partial charge in [-0.25, -0.2) is 0 Å². The van der Waals surface area contributed by atoms with Gasteiger partial charge in [-0.1, -0.05) is 42.5 Å². The zero-order valence-electron chi connectivity index (χ0n) is 17.8. The van der Waals surface area contributed by atoms with Crippen LogP contribution in [0.5, 0.6) is 0 Å². The van der Waals surface area contributed by atoms with Crippen LogP contribution in [0.1, 0.15) is 56.7 Å². The number of carbonyl (C=O) groups is 3. The van der Waals surface area contributed by atoms with Gasteiger partial charge in [0.1, 0.15) is 6.61 Å². The van der Waals surface area contributed by atoms with Crippen LogP contribution in [-0.4, -0.2) is 17.7 Å². The van der Waals surface area contributed by atoms with Gasteiger partial charge in [-0.2, -0.15) is 0 Å². The molecular weight excluding hydrogens is 402 g/mol. The van der Waals surface area contributed by atoms with Crippen molar-refractivity contribution >= 4 is 23.3 Å². The third-order valence-corrected chi connectivity index (χ3v) is 5.62. The summed E-state index contributed by atoms with van der Waals surface area (Å²) in [6, 6.07) is 22.0. The topological polar surface area (TPSA) is 72.5 Å². The standard InChI is InChI=1S/C27H25NO4/c29-25(23-14-13-20-5-4-6-22(20)17-23)15-16-26(30)32-18-19-9-11-21(12-10-19)27(31)28-24-7-2-1-3-8-24/h1-3,7-14,17H,4-6,15-16,18H2,(H,28,31). The Bertz CT molecular complexity index is 1120. The van der Waals surface area contributed by atoms with Gasteiger partial charge in [0, 0.05) is 23.2 Å². The molecule has 0 saturated heterocycles. The van der Waals surface area contributed by atoms with Gasteiger partial charge in [0.05, 0.1) is 6.42 Å². The van der Waals surface area contributed by atoms with Gasteiger partial charge in [0.2, 0.25) is 0 Å². The van der Waals surface area contributed by atoms with Gasteiger partial charge in [-0.05, 0) is 66.3 Å². The number of rotatable bonds is 8. The first-order valence-electron chi connectivity index (χ1n) is 10.8. The molecule has 0 saturated carbocycles. The lowest BCUT2D eigenvalue weighted by atomic mass is 10.0. The predicted molar refractivity (Wildman–Crippen MR) is 123 cm³/mol. The van der Waals surface area contributed by atoms with Crippen LogP contribution in [-0.2, 0) is 29.0 Å². The molecule has 3 aromatic rings. The van der Waals surface area contributed by atoms with Crippen molar-refractivity contribution < 1.29 is 19.1 Å². The molecule has 32 heavy (non-hydrogen) atoms. The lowest BCUT2D eigenvalue weighted by molar-refractivity contribution is -0.144. The molecule has 162 valence electrons. The molecule has 1 amide bonds. The number of carbonyl (C=O) groups excluding carboxylic acids is 3. The number of anilines is 1. The molecule has 3 aromatic carbocycles. The maximum Gasteiger partial charge on any atom is 0.306 e. The molecule has 1 aliphatic carbocycles. The number of esters is 1. The average molecular weight is 428 g/mol. The van der Waals surface area contributed by atoms with E-state index in [2.05, 4.69) is 5.32 Å².